The van der Waals surface area contributed by atoms with Crippen molar-refractivity contribution in [2.45, 2.75) is 45.6 Å². The van der Waals surface area contributed by atoms with Gasteiger partial charge in [-0.25, -0.2) is 0 Å². The molecule has 2 aliphatic rings. The number of carbonyl (C=O) groups is 2. The highest BCUT2D eigenvalue weighted by atomic mass is 16.1. The van der Waals surface area contributed by atoms with Gasteiger partial charge in [0, 0.05) is 29.9 Å². The van der Waals surface area contributed by atoms with Gasteiger partial charge in [0.15, 0.2) is 0 Å². The number of amides is 2. The molecule has 3 aromatic rings. The summed E-state index contributed by atoms with van der Waals surface area (Å²) in [5, 5.41) is 9.97. The van der Waals surface area contributed by atoms with E-state index in [-0.39, 0.29) is 11.8 Å². The fraction of sp³-hybridized carbons (Fsp3) is 0.292. The lowest BCUT2D eigenvalue weighted by Crippen LogP contribution is -2.16. The van der Waals surface area contributed by atoms with Crippen molar-refractivity contribution in [1.29, 1.82) is 0 Å². The van der Waals surface area contributed by atoms with Crippen LogP contribution in [0.25, 0.3) is 11.6 Å². The fourth-order valence-electron chi connectivity index (χ4n) is 4.54. The Kier molecular flexibility index (Phi) is 5.05. The maximum atomic E-state index is 13.0. The summed E-state index contributed by atoms with van der Waals surface area (Å²) in [5.41, 5.74) is 7.93. The van der Waals surface area contributed by atoms with Gasteiger partial charge in [0.05, 0.1) is 40.7 Å². The Morgan fingerprint density at radius 1 is 1.22 bits per heavy atom. The number of anilines is 2. The van der Waals surface area contributed by atoms with Crippen LogP contribution in [0.15, 0.2) is 30.7 Å². The van der Waals surface area contributed by atoms with Crippen molar-refractivity contribution in [2.75, 3.05) is 10.6 Å². The zero-order chi connectivity index (χ0) is 22.2. The number of allylic oxidation sites excluding steroid dienone is 1. The third-order valence-corrected chi connectivity index (χ3v) is 6.17. The van der Waals surface area contributed by atoms with E-state index in [2.05, 4.69) is 43.4 Å². The van der Waals surface area contributed by atoms with Crippen molar-refractivity contribution >= 4 is 35.3 Å². The molecular weight excluding hydrogens is 404 g/mol. The molecule has 0 radical (unpaired) electrons. The van der Waals surface area contributed by atoms with Crippen LogP contribution >= 0.6 is 0 Å². The SMILES string of the molecule is Cc1ncc(NC=O)cc1NC(=O)c1cnc2c(c1)C=C(c1cnn3c1CCC3)CC2C. The van der Waals surface area contributed by atoms with E-state index in [0.29, 0.717) is 29.0 Å². The van der Waals surface area contributed by atoms with E-state index in [1.165, 1.54) is 16.8 Å². The van der Waals surface area contributed by atoms with Crippen LogP contribution in [0.3, 0.4) is 0 Å². The maximum Gasteiger partial charge on any atom is 0.257 e. The summed E-state index contributed by atoms with van der Waals surface area (Å²) in [6.45, 7) is 4.95. The minimum atomic E-state index is -0.270. The molecule has 1 atom stereocenters. The average molecular weight is 428 g/mol. The zero-order valence-electron chi connectivity index (χ0n) is 18.1. The number of hydrogen-bond donors (Lipinski definition) is 2. The van der Waals surface area contributed by atoms with Gasteiger partial charge in [-0.15, -0.1) is 0 Å². The van der Waals surface area contributed by atoms with Gasteiger partial charge in [0.25, 0.3) is 5.91 Å². The molecule has 0 fully saturated rings. The number of fused-ring (bicyclic) bond motifs is 2. The first-order chi connectivity index (χ1) is 15.5. The predicted octanol–water partition coefficient (Wildman–Crippen LogP) is 3.80. The molecule has 8 nitrogen and oxygen atoms in total. The molecule has 0 aromatic carbocycles. The second-order valence-corrected chi connectivity index (χ2v) is 8.38. The van der Waals surface area contributed by atoms with Gasteiger partial charge in [-0.3, -0.25) is 24.2 Å². The van der Waals surface area contributed by atoms with Gasteiger partial charge in [0.1, 0.15) is 0 Å². The number of nitrogens with one attached hydrogen (secondary N) is 2. The highest BCUT2D eigenvalue weighted by Crippen LogP contribution is 2.39. The second-order valence-electron chi connectivity index (χ2n) is 8.38. The normalized spacial score (nSPS) is 16.7. The minimum absolute atomic E-state index is 0.261. The number of rotatable bonds is 5. The molecule has 1 aliphatic carbocycles. The first kappa shape index (κ1) is 20.1. The van der Waals surface area contributed by atoms with Crippen molar-refractivity contribution in [3.8, 4) is 0 Å². The first-order valence-electron chi connectivity index (χ1n) is 10.8. The molecular formula is C24H24N6O2. The van der Waals surface area contributed by atoms with E-state index in [0.717, 1.165) is 37.1 Å². The number of pyridine rings is 2. The molecule has 162 valence electrons. The fourth-order valence-corrected chi connectivity index (χ4v) is 4.54. The van der Waals surface area contributed by atoms with Crippen LogP contribution in [-0.4, -0.2) is 32.1 Å². The largest absolute Gasteiger partial charge is 0.327 e. The monoisotopic (exact) mass is 428 g/mol. The highest BCUT2D eigenvalue weighted by Gasteiger charge is 2.25. The van der Waals surface area contributed by atoms with Gasteiger partial charge in [-0.05, 0) is 55.5 Å². The van der Waals surface area contributed by atoms with E-state index < -0.39 is 0 Å². The average Bonchev–Trinajstić information content (AvgIpc) is 3.40. The highest BCUT2D eigenvalue weighted by molar-refractivity contribution is 6.05. The summed E-state index contributed by atoms with van der Waals surface area (Å²) in [6, 6.07) is 3.58. The van der Waals surface area contributed by atoms with Gasteiger partial charge in [-0.1, -0.05) is 6.92 Å². The van der Waals surface area contributed by atoms with Crippen molar-refractivity contribution in [3.63, 3.8) is 0 Å². The third-order valence-electron chi connectivity index (χ3n) is 6.17. The van der Waals surface area contributed by atoms with E-state index in [1.807, 2.05) is 12.3 Å². The Morgan fingerprint density at radius 2 is 2.09 bits per heavy atom. The molecule has 2 N–H and O–H groups in total. The molecule has 0 saturated carbocycles. The Bertz CT molecular complexity index is 1260. The number of aromatic nitrogens is 4. The number of nitrogens with zero attached hydrogens (tertiary/aromatic N) is 4. The van der Waals surface area contributed by atoms with Crippen LogP contribution in [0.4, 0.5) is 11.4 Å². The second kappa shape index (κ2) is 8.03. The summed E-state index contributed by atoms with van der Waals surface area (Å²) in [4.78, 5) is 32.5. The lowest BCUT2D eigenvalue weighted by Gasteiger charge is -2.22. The first-order valence-corrected chi connectivity index (χ1v) is 10.8. The summed E-state index contributed by atoms with van der Waals surface area (Å²) in [5.74, 6) is -0.00957. The standard InChI is InChI=1S/C24H24N6O2/c1-14-6-16(20-12-28-30-5-3-4-22(20)30)7-17-8-18(10-26-23(14)17)24(32)29-21-9-19(27-13-31)11-25-15(21)2/h7-14H,3-6H2,1-2H3,(H,27,31)(H,29,32). The van der Waals surface area contributed by atoms with Crippen molar-refractivity contribution in [3.05, 3.63) is 64.5 Å². The van der Waals surface area contributed by atoms with Crippen LogP contribution in [0.2, 0.25) is 0 Å². The van der Waals surface area contributed by atoms with Crippen LogP contribution in [0.5, 0.6) is 0 Å². The molecule has 8 heteroatoms. The van der Waals surface area contributed by atoms with Gasteiger partial charge in [0.2, 0.25) is 6.41 Å². The van der Waals surface area contributed by atoms with E-state index in [9.17, 15) is 9.59 Å². The van der Waals surface area contributed by atoms with Crippen LogP contribution in [0.1, 0.15) is 64.2 Å². The number of aryl methyl sites for hydroxylation is 2. The van der Waals surface area contributed by atoms with E-state index >= 15 is 0 Å². The lowest BCUT2D eigenvalue weighted by molar-refractivity contribution is -0.105. The zero-order valence-corrected chi connectivity index (χ0v) is 18.1. The van der Waals surface area contributed by atoms with Crippen LogP contribution in [-0.2, 0) is 17.8 Å². The van der Waals surface area contributed by atoms with Crippen molar-refractivity contribution < 1.29 is 9.59 Å². The smallest absolute Gasteiger partial charge is 0.257 e. The summed E-state index contributed by atoms with van der Waals surface area (Å²) < 4.78 is 2.10. The van der Waals surface area contributed by atoms with Crippen molar-refractivity contribution in [1.82, 2.24) is 19.7 Å². The lowest BCUT2D eigenvalue weighted by atomic mass is 9.84. The van der Waals surface area contributed by atoms with Crippen molar-refractivity contribution in [2.24, 2.45) is 0 Å². The Labute approximate surface area is 185 Å². The summed E-state index contributed by atoms with van der Waals surface area (Å²) >= 11 is 0. The number of carbonyl (C=O) groups excluding carboxylic acids is 2. The predicted molar refractivity (Wildman–Crippen MR) is 122 cm³/mol. The van der Waals surface area contributed by atoms with E-state index in [4.69, 9.17) is 0 Å². The number of hydrogen-bond acceptors (Lipinski definition) is 5. The van der Waals surface area contributed by atoms with Crippen LogP contribution < -0.4 is 10.6 Å². The quantitative estimate of drug-likeness (QED) is 0.602. The molecule has 0 saturated heterocycles. The summed E-state index contributed by atoms with van der Waals surface area (Å²) in [6.07, 6.45) is 11.0. The van der Waals surface area contributed by atoms with Crippen LogP contribution in [0, 0.1) is 6.92 Å². The molecule has 0 spiro atoms. The molecule has 5 rings (SSSR count). The topological polar surface area (TPSA) is 102 Å². The Morgan fingerprint density at radius 3 is 2.94 bits per heavy atom. The maximum absolute atomic E-state index is 13.0. The minimum Gasteiger partial charge on any atom is -0.327 e. The molecule has 3 aromatic heterocycles. The van der Waals surface area contributed by atoms with Gasteiger partial charge >= 0.3 is 0 Å². The molecule has 1 aliphatic heterocycles. The molecule has 0 bridgehead atoms. The van der Waals surface area contributed by atoms with Gasteiger partial charge < -0.3 is 10.6 Å². The Balaban J connectivity index is 1.45. The molecule has 4 heterocycles. The molecule has 32 heavy (non-hydrogen) atoms. The van der Waals surface area contributed by atoms with E-state index in [1.54, 1.807) is 25.4 Å². The Hall–Kier alpha value is -3.81. The molecule has 2 amide bonds. The molecule has 1 unspecified atom stereocenters. The van der Waals surface area contributed by atoms with Gasteiger partial charge in [-0.2, -0.15) is 5.10 Å². The summed E-state index contributed by atoms with van der Waals surface area (Å²) in [7, 11) is 0. The third kappa shape index (κ3) is 3.57.